The van der Waals surface area contributed by atoms with E-state index in [9.17, 15) is 0 Å². The van der Waals surface area contributed by atoms with Crippen LogP contribution in [0.2, 0.25) is 0 Å². The molecule has 0 aliphatic carbocycles. The summed E-state index contributed by atoms with van der Waals surface area (Å²) in [6, 6.07) is 16.2. The van der Waals surface area contributed by atoms with E-state index in [4.69, 9.17) is 14.7 Å². The molecule has 0 fully saturated rings. The van der Waals surface area contributed by atoms with Crippen molar-refractivity contribution >= 4 is 16.7 Å². The van der Waals surface area contributed by atoms with E-state index < -0.39 is 0 Å². The first kappa shape index (κ1) is 17.4. The van der Waals surface area contributed by atoms with Gasteiger partial charge >= 0.3 is 0 Å². The molecule has 0 aliphatic rings. The van der Waals surface area contributed by atoms with Crippen molar-refractivity contribution in [1.82, 2.24) is 24.1 Å². The van der Waals surface area contributed by atoms with Gasteiger partial charge in [-0.25, -0.2) is 14.5 Å². The van der Waals surface area contributed by atoms with E-state index in [2.05, 4.69) is 48.6 Å². The van der Waals surface area contributed by atoms with Gasteiger partial charge in [0.2, 0.25) is 0 Å². The summed E-state index contributed by atoms with van der Waals surface area (Å²) in [6.45, 7) is 6.28. The first-order valence-corrected chi connectivity index (χ1v) is 9.51. The van der Waals surface area contributed by atoms with Crippen molar-refractivity contribution in [2.45, 2.75) is 20.8 Å². The lowest BCUT2D eigenvalue weighted by molar-refractivity contribution is 0.414. The maximum absolute atomic E-state index is 5.41. The van der Waals surface area contributed by atoms with E-state index in [0.717, 1.165) is 44.9 Å². The molecule has 0 atom stereocenters. The molecule has 5 aromatic rings. The van der Waals surface area contributed by atoms with E-state index in [1.807, 2.05) is 30.3 Å². The Morgan fingerprint density at radius 3 is 2.48 bits per heavy atom. The summed E-state index contributed by atoms with van der Waals surface area (Å²) in [5, 5.41) is 5.67. The third-order valence-corrected chi connectivity index (χ3v) is 5.45. The Labute approximate surface area is 168 Å². The van der Waals surface area contributed by atoms with Crippen LogP contribution in [0.3, 0.4) is 0 Å². The molecule has 0 amide bonds. The molecule has 0 aliphatic heterocycles. The monoisotopic (exact) mass is 383 g/mol. The lowest BCUT2D eigenvalue weighted by Gasteiger charge is -2.09. The lowest BCUT2D eigenvalue weighted by atomic mass is 10.1. The van der Waals surface area contributed by atoms with Gasteiger partial charge in [0.05, 0.1) is 18.2 Å². The second-order valence-corrected chi connectivity index (χ2v) is 7.26. The summed E-state index contributed by atoms with van der Waals surface area (Å²) in [6.07, 6.45) is 1.73. The van der Waals surface area contributed by atoms with Crippen LogP contribution >= 0.6 is 0 Å². The third kappa shape index (κ3) is 2.68. The van der Waals surface area contributed by atoms with Crippen molar-refractivity contribution in [2.75, 3.05) is 7.11 Å². The highest BCUT2D eigenvalue weighted by atomic mass is 16.5. The summed E-state index contributed by atoms with van der Waals surface area (Å²) < 4.78 is 9.32. The maximum atomic E-state index is 5.41. The Kier molecular flexibility index (Phi) is 3.87. The van der Waals surface area contributed by atoms with Crippen LogP contribution in [0.5, 0.6) is 5.75 Å². The number of methoxy groups -OCH3 is 1. The van der Waals surface area contributed by atoms with Gasteiger partial charge in [0.15, 0.2) is 17.1 Å². The average molecular weight is 383 g/mol. The fraction of sp³-hybridized carbons (Fsp3) is 0.174. The lowest BCUT2D eigenvalue weighted by Crippen LogP contribution is -1.99. The van der Waals surface area contributed by atoms with Gasteiger partial charge < -0.3 is 4.74 Å². The summed E-state index contributed by atoms with van der Waals surface area (Å²) >= 11 is 0. The number of fused-ring (bicyclic) bond motifs is 3. The highest BCUT2D eigenvalue weighted by Crippen LogP contribution is 2.31. The highest BCUT2D eigenvalue weighted by Gasteiger charge is 2.19. The Bertz CT molecular complexity index is 1360. The molecule has 2 aromatic carbocycles. The highest BCUT2D eigenvalue weighted by molar-refractivity contribution is 5.95. The number of aromatic nitrogens is 5. The summed E-state index contributed by atoms with van der Waals surface area (Å²) in [7, 11) is 1.68. The standard InChI is InChI=1S/C23H21N5O/c1-14-8-10-17(11-9-14)21-25-23-20-15(2)16(3)28(22(20)24-13-27(23)26-21)18-6-5-7-19(12-18)29-4/h5-13H,1-4H3. The summed E-state index contributed by atoms with van der Waals surface area (Å²) in [5.74, 6) is 1.51. The second kappa shape index (κ2) is 6.44. The number of hydrogen-bond donors (Lipinski definition) is 0. The molecule has 0 N–H and O–H groups in total. The smallest absolute Gasteiger partial charge is 0.182 e. The molecule has 0 spiro atoms. The molecule has 0 unspecified atom stereocenters. The summed E-state index contributed by atoms with van der Waals surface area (Å²) in [4.78, 5) is 9.58. The zero-order chi connectivity index (χ0) is 20.1. The van der Waals surface area contributed by atoms with Gasteiger partial charge in [-0.2, -0.15) is 0 Å². The molecular weight excluding hydrogens is 362 g/mol. The minimum absolute atomic E-state index is 0.700. The second-order valence-electron chi connectivity index (χ2n) is 7.26. The minimum atomic E-state index is 0.700. The molecule has 0 bridgehead atoms. The first-order valence-electron chi connectivity index (χ1n) is 9.51. The zero-order valence-electron chi connectivity index (χ0n) is 16.8. The van der Waals surface area contributed by atoms with E-state index >= 15 is 0 Å². The summed E-state index contributed by atoms with van der Waals surface area (Å²) in [5.41, 5.74) is 7.15. The Morgan fingerprint density at radius 1 is 0.931 bits per heavy atom. The van der Waals surface area contributed by atoms with Crippen molar-refractivity contribution in [1.29, 1.82) is 0 Å². The van der Waals surface area contributed by atoms with Gasteiger partial charge in [-0.15, -0.1) is 5.10 Å². The minimum Gasteiger partial charge on any atom is -0.497 e. The topological polar surface area (TPSA) is 57.2 Å². The van der Waals surface area contributed by atoms with Crippen molar-refractivity contribution in [3.63, 3.8) is 0 Å². The van der Waals surface area contributed by atoms with Gasteiger partial charge in [0.25, 0.3) is 0 Å². The van der Waals surface area contributed by atoms with Crippen LogP contribution in [0.1, 0.15) is 16.8 Å². The van der Waals surface area contributed by atoms with Gasteiger partial charge in [0.1, 0.15) is 12.1 Å². The van der Waals surface area contributed by atoms with Gasteiger partial charge in [-0.05, 0) is 38.5 Å². The van der Waals surface area contributed by atoms with Crippen LogP contribution < -0.4 is 4.74 Å². The molecule has 0 radical (unpaired) electrons. The average Bonchev–Trinajstić information content (AvgIpc) is 3.28. The van der Waals surface area contributed by atoms with Crippen molar-refractivity contribution in [3.05, 3.63) is 71.7 Å². The number of ether oxygens (including phenoxy) is 1. The predicted octanol–water partition coefficient (Wildman–Crippen LogP) is 4.67. The molecule has 6 nitrogen and oxygen atoms in total. The van der Waals surface area contributed by atoms with Crippen LogP contribution in [0.15, 0.2) is 54.9 Å². The van der Waals surface area contributed by atoms with Crippen LogP contribution in [0, 0.1) is 20.8 Å². The van der Waals surface area contributed by atoms with Crippen LogP contribution in [-0.2, 0) is 0 Å². The Balaban J connectivity index is 1.76. The van der Waals surface area contributed by atoms with E-state index in [0.29, 0.717) is 5.82 Å². The van der Waals surface area contributed by atoms with Crippen molar-refractivity contribution < 1.29 is 4.74 Å². The number of aryl methyl sites for hydroxylation is 2. The fourth-order valence-electron chi connectivity index (χ4n) is 3.75. The van der Waals surface area contributed by atoms with Crippen LogP contribution in [0.25, 0.3) is 33.8 Å². The van der Waals surface area contributed by atoms with Crippen molar-refractivity contribution in [2.24, 2.45) is 0 Å². The Morgan fingerprint density at radius 2 is 1.72 bits per heavy atom. The van der Waals surface area contributed by atoms with Crippen molar-refractivity contribution in [3.8, 4) is 22.8 Å². The quantitative estimate of drug-likeness (QED) is 0.454. The SMILES string of the molecule is COc1cccc(-n2c(C)c(C)c3c2ncn2nc(-c4ccc(C)cc4)nc32)c1. The number of benzene rings is 2. The molecule has 6 heteroatoms. The Hall–Kier alpha value is -3.67. The molecule has 144 valence electrons. The molecule has 0 saturated carbocycles. The molecule has 3 aromatic heterocycles. The first-order chi connectivity index (χ1) is 14.1. The van der Waals surface area contributed by atoms with Gasteiger partial charge in [-0.3, -0.25) is 4.57 Å². The fourth-order valence-corrected chi connectivity index (χ4v) is 3.75. The third-order valence-electron chi connectivity index (χ3n) is 5.45. The van der Waals surface area contributed by atoms with Crippen LogP contribution in [-0.4, -0.2) is 31.3 Å². The van der Waals surface area contributed by atoms with E-state index in [1.165, 1.54) is 5.56 Å². The predicted molar refractivity (Wildman–Crippen MR) is 114 cm³/mol. The number of rotatable bonds is 3. The molecule has 3 heterocycles. The molecular formula is C23H21N5O. The molecule has 5 rings (SSSR count). The zero-order valence-corrected chi connectivity index (χ0v) is 16.8. The van der Waals surface area contributed by atoms with Gasteiger partial charge in [-0.1, -0.05) is 35.9 Å². The van der Waals surface area contributed by atoms with Gasteiger partial charge in [0, 0.05) is 17.3 Å². The largest absolute Gasteiger partial charge is 0.497 e. The number of nitrogens with zero attached hydrogens (tertiary/aromatic N) is 5. The van der Waals surface area contributed by atoms with Crippen LogP contribution in [0.4, 0.5) is 0 Å². The molecule has 29 heavy (non-hydrogen) atoms. The number of hydrogen-bond acceptors (Lipinski definition) is 4. The molecule has 0 saturated heterocycles. The van der Waals surface area contributed by atoms with E-state index in [-0.39, 0.29) is 0 Å². The maximum Gasteiger partial charge on any atom is 0.182 e. The van der Waals surface area contributed by atoms with E-state index in [1.54, 1.807) is 18.0 Å². The normalized spacial score (nSPS) is 11.4.